The lowest BCUT2D eigenvalue weighted by Gasteiger charge is -2.13. The first kappa shape index (κ1) is 20.4. The molecule has 0 unspecified atom stereocenters. The Bertz CT molecular complexity index is 1060. The average Bonchev–Trinajstić information content (AvgIpc) is 3.05. The molecular weight excluding hydrogens is 364 g/mol. The smallest absolute Gasteiger partial charge is 0.203 e. The molecule has 0 saturated heterocycles. The Labute approximate surface area is 171 Å². The van der Waals surface area contributed by atoms with Crippen LogP contribution in [-0.2, 0) is 13.7 Å². The molecule has 0 bridgehead atoms. The topological polar surface area (TPSA) is 53.3 Å². The molecule has 0 atom stereocenters. The molecule has 3 rings (SSSR count). The maximum absolute atomic E-state index is 12.4. The zero-order chi connectivity index (χ0) is 21.0. The number of ether oxygens (including phenoxy) is 2. The van der Waals surface area contributed by atoms with Gasteiger partial charge in [0, 0.05) is 12.6 Å². The van der Waals surface area contributed by atoms with Crippen LogP contribution in [0, 0.1) is 20.8 Å². The molecule has 3 aromatic rings. The van der Waals surface area contributed by atoms with Gasteiger partial charge in [-0.1, -0.05) is 24.3 Å². The summed E-state index contributed by atoms with van der Waals surface area (Å²) in [5, 5.41) is 4.22. The predicted octanol–water partition coefficient (Wildman–Crippen LogP) is 4.83. The normalized spacial score (nSPS) is 11.1. The lowest BCUT2D eigenvalue weighted by Crippen LogP contribution is -2.04. The van der Waals surface area contributed by atoms with Crippen LogP contribution in [0.4, 0.5) is 0 Å². The van der Waals surface area contributed by atoms with E-state index >= 15 is 0 Å². The lowest BCUT2D eigenvalue weighted by molar-refractivity contribution is 0.103. The zero-order valence-corrected chi connectivity index (χ0v) is 17.5. The molecule has 0 N–H and O–H groups in total. The van der Waals surface area contributed by atoms with E-state index in [9.17, 15) is 4.79 Å². The number of hydrogen-bond acceptors (Lipinski definition) is 4. The largest absolute Gasteiger partial charge is 0.496 e. The highest BCUT2D eigenvalue weighted by Gasteiger charge is 2.10. The monoisotopic (exact) mass is 390 g/mol. The number of hydrogen-bond donors (Lipinski definition) is 0. The Morgan fingerprint density at radius 1 is 1.07 bits per heavy atom. The zero-order valence-electron chi connectivity index (χ0n) is 17.5. The highest BCUT2D eigenvalue weighted by Crippen LogP contribution is 2.25. The van der Waals surface area contributed by atoms with Gasteiger partial charge in [-0.2, -0.15) is 5.10 Å². The number of allylic oxidation sites excluding steroid dienone is 1. The average molecular weight is 390 g/mol. The van der Waals surface area contributed by atoms with Crippen LogP contribution >= 0.6 is 0 Å². The van der Waals surface area contributed by atoms with Crippen LogP contribution in [0.25, 0.3) is 6.08 Å². The van der Waals surface area contributed by atoms with Crippen molar-refractivity contribution in [2.45, 2.75) is 27.4 Å². The molecule has 1 heterocycles. The van der Waals surface area contributed by atoms with Gasteiger partial charge in [0.25, 0.3) is 0 Å². The Morgan fingerprint density at radius 3 is 2.55 bits per heavy atom. The van der Waals surface area contributed by atoms with E-state index in [1.54, 1.807) is 37.1 Å². The fourth-order valence-electron chi connectivity index (χ4n) is 3.13. The van der Waals surface area contributed by atoms with Crippen LogP contribution in [0.3, 0.4) is 0 Å². The minimum absolute atomic E-state index is 0.0860. The van der Waals surface area contributed by atoms with Gasteiger partial charge in [-0.3, -0.25) is 9.48 Å². The van der Waals surface area contributed by atoms with Crippen molar-refractivity contribution in [1.29, 1.82) is 0 Å². The minimum atomic E-state index is -0.0860. The van der Waals surface area contributed by atoms with Gasteiger partial charge in [0.05, 0.1) is 12.8 Å². The molecule has 29 heavy (non-hydrogen) atoms. The first-order chi connectivity index (χ1) is 13.9. The molecule has 150 valence electrons. The number of carbonyl (C=O) groups excluding carboxylic acids is 1. The Balaban J connectivity index is 1.78. The van der Waals surface area contributed by atoms with Crippen molar-refractivity contribution >= 4 is 11.9 Å². The van der Waals surface area contributed by atoms with Crippen molar-refractivity contribution in [3.8, 4) is 11.5 Å². The number of carbonyl (C=O) groups is 1. The van der Waals surface area contributed by atoms with Crippen LogP contribution in [0.5, 0.6) is 11.5 Å². The van der Waals surface area contributed by atoms with Gasteiger partial charge in [0.1, 0.15) is 23.8 Å². The first-order valence-electron chi connectivity index (χ1n) is 9.47. The van der Waals surface area contributed by atoms with Crippen molar-refractivity contribution in [1.82, 2.24) is 9.78 Å². The van der Waals surface area contributed by atoms with Crippen LogP contribution in [0.15, 0.2) is 48.5 Å². The third-order valence-corrected chi connectivity index (χ3v) is 4.71. The fourth-order valence-corrected chi connectivity index (χ4v) is 3.13. The van der Waals surface area contributed by atoms with Crippen molar-refractivity contribution in [3.05, 3.63) is 82.2 Å². The van der Waals surface area contributed by atoms with E-state index in [4.69, 9.17) is 9.47 Å². The van der Waals surface area contributed by atoms with Crippen LogP contribution in [0.1, 0.15) is 38.4 Å². The molecular formula is C24H26N2O3. The second kappa shape index (κ2) is 8.78. The Kier molecular flexibility index (Phi) is 6.17. The summed E-state index contributed by atoms with van der Waals surface area (Å²) in [6, 6.07) is 13.7. The maximum Gasteiger partial charge on any atom is 0.203 e. The second-order valence-electron chi connectivity index (χ2n) is 7.12. The molecule has 0 amide bonds. The van der Waals surface area contributed by atoms with E-state index in [-0.39, 0.29) is 5.78 Å². The van der Waals surface area contributed by atoms with Gasteiger partial charge in [0.15, 0.2) is 0 Å². The standard InChI is InChI=1S/C24H26N2O3/c1-16-6-7-17(2)24(12-16)29-15-20-14-19(9-11-23(20)28-5)8-10-22(27)21-13-18(3)25-26(21)4/h6-14H,15H2,1-5H3/b10-8+. The summed E-state index contributed by atoms with van der Waals surface area (Å²) in [7, 11) is 3.41. The van der Waals surface area contributed by atoms with Crippen LogP contribution in [0.2, 0.25) is 0 Å². The van der Waals surface area contributed by atoms with Gasteiger partial charge in [-0.25, -0.2) is 0 Å². The van der Waals surface area contributed by atoms with Crippen LogP contribution in [-0.4, -0.2) is 22.7 Å². The molecule has 0 aliphatic carbocycles. The van der Waals surface area contributed by atoms with Gasteiger partial charge in [0.2, 0.25) is 5.78 Å². The fraction of sp³-hybridized carbons (Fsp3) is 0.250. The molecule has 1 aromatic heterocycles. The summed E-state index contributed by atoms with van der Waals surface area (Å²) in [4.78, 5) is 12.4. The molecule has 0 spiro atoms. The van der Waals surface area contributed by atoms with Crippen LogP contribution < -0.4 is 9.47 Å². The summed E-state index contributed by atoms with van der Waals surface area (Å²) in [6.07, 6.45) is 3.36. The number of rotatable bonds is 7. The SMILES string of the molecule is COc1ccc(/C=C/C(=O)c2cc(C)nn2C)cc1COc1cc(C)ccc1C. The van der Waals surface area contributed by atoms with E-state index in [0.29, 0.717) is 12.3 Å². The summed E-state index contributed by atoms with van der Waals surface area (Å²) in [6.45, 7) is 6.31. The Morgan fingerprint density at radius 2 is 1.86 bits per heavy atom. The molecule has 0 saturated carbocycles. The van der Waals surface area contributed by atoms with E-state index in [2.05, 4.69) is 11.2 Å². The van der Waals surface area contributed by atoms with Gasteiger partial charge in [-0.05, 0) is 67.8 Å². The van der Waals surface area contributed by atoms with Gasteiger partial charge < -0.3 is 9.47 Å². The summed E-state index contributed by atoms with van der Waals surface area (Å²) < 4.78 is 13.1. The third-order valence-electron chi connectivity index (χ3n) is 4.71. The second-order valence-corrected chi connectivity index (χ2v) is 7.12. The molecule has 0 aliphatic rings. The number of benzene rings is 2. The quantitative estimate of drug-likeness (QED) is 0.428. The minimum Gasteiger partial charge on any atom is -0.496 e. The number of nitrogens with zero attached hydrogens (tertiary/aromatic N) is 2. The summed E-state index contributed by atoms with van der Waals surface area (Å²) in [5.74, 6) is 1.52. The van der Waals surface area contributed by atoms with E-state index in [1.165, 1.54) is 0 Å². The Hall–Kier alpha value is -3.34. The predicted molar refractivity (Wildman–Crippen MR) is 115 cm³/mol. The molecule has 0 aliphatic heterocycles. The lowest BCUT2D eigenvalue weighted by atomic mass is 10.1. The summed E-state index contributed by atoms with van der Waals surface area (Å²) in [5.41, 5.74) is 5.43. The summed E-state index contributed by atoms with van der Waals surface area (Å²) >= 11 is 0. The van der Waals surface area contributed by atoms with Crippen molar-refractivity contribution < 1.29 is 14.3 Å². The van der Waals surface area contributed by atoms with E-state index < -0.39 is 0 Å². The molecule has 0 fully saturated rings. The van der Waals surface area contributed by atoms with Crippen molar-refractivity contribution in [3.63, 3.8) is 0 Å². The van der Waals surface area contributed by atoms with Crippen molar-refractivity contribution in [2.24, 2.45) is 7.05 Å². The molecule has 0 radical (unpaired) electrons. The maximum atomic E-state index is 12.4. The number of aryl methyl sites for hydroxylation is 4. The highest BCUT2D eigenvalue weighted by atomic mass is 16.5. The van der Waals surface area contributed by atoms with Gasteiger partial charge >= 0.3 is 0 Å². The van der Waals surface area contributed by atoms with E-state index in [1.807, 2.05) is 51.1 Å². The van der Waals surface area contributed by atoms with E-state index in [0.717, 1.165) is 39.4 Å². The molecule has 5 nitrogen and oxygen atoms in total. The molecule has 5 heteroatoms. The highest BCUT2D eigenvalue weighted by molar-refractivity contribution is 6.05. The number of aromatic nitrogens is 2. The number of ketones is 1. The van der Waals surface area contributed by atoms with Gasteiger partial charge in [-0.15, -0.1) is 0 Å². The number of methoxy groups -OCH3 is 1. The molecule has 2 aromatic carbocycles. The first-order valence-corrected chi connectivity index (χ1v) is 9.47. The van der Waals surface area contributed by atoms with Crippen molar-refractivity contribution in [2.75, 3.05) is 7.11 Å². The third kappa shape index (κ3) is 4.93.